The summed E-state index contributed by atoms with van der Waals surface area (Å²) >= 11 is 0. The lowest BCUT2D eigenvalue weighted by Crippen LogP contribution is -1.93. The average Bonchev–Trinajstić information content (AvgIpc) is 2.77. The molecule has 0 saturated heterocycles. The monoisotopic (exact) mass is 258 g/mol. The van der Waals surface area contributed by atoms with Gasteiger partial charge in [0.2, 0.25) is 5.95 Å². The number of nitrogens with two attached hydrogens (primary N) is 1. The molecule has 0 atom stereocenters. The summed E-state index contributed by atoms with van der Waals surface area (Å²) in [6, 6.07) is 7.95. The molecule has 0 bridgehead atoms. The van der Waals surface area contributed by atoms with E-state index in [9.17, 15) is 4.39 Å². The molecule has 2 heterocycles. The molecule has 0 spiro atoms. The minimum Gasteiger partial charge on any atom is -0.496 e. The van der Waals surface area contributed by atoms with E-state index in [1.54, 1.807) is 30.0 Å². The molecule has 6 heteroatoms. The van der Waals surface area contributed by atoms with Gasteiger partial charge in [-0.15, -0.1) is 5.10 Å². The van der Waals surface area contributed by atoms with Crippen molar-refractivity contribution >= 4 is 11.6 Å². The largest absolute Gasteiger partial charge is 0.496 e. The quantitative estimate of drug-likeness (QED) is 0.764. The molecular formula is C13H11FN4O. The molecule has 2 N–H and O–H groups in total. The van der Waals surface area contributed by atoms with Crippen molar-refractivity contribution in [3.63, 3.8) is 0 Å². The highest BCUT2D eigenvalue weighted by molar-refractivity contribution is 5.71. The number of pyridine rings is 1. The van der Waals surface area contributed by atoms with Crippen LogP contribution in [0.2, 0.25) is 0 Å². The molecule has 3 rings (SSSR count). The Morgan fingerprint density at radius 2 is 2.11 bits per heavy atom. The molecule has 0 aliphatic rings. The molecule has 5 nitrogen and oxygen atoms in total. The lowest BCUT2D eigenvalue weighted by Gasteiger charge is -2.08. The summed E-state index contributed by atoms with van der Waals surface area (Å²) in [5, 5.41) is 4.03. The van der Waals surface area contributed by atoms with E-state index in [2.05, 4.69) is 10.1 Å². The number of hydrogen-bond acceptors (Lipinski definition) is 4. The molecular weight excluding hydrogens is 247 g/mol. The van der Waals surface area contributed by atoms with Gasteiger partial charge in [0.15, 0.2) is 5.65 Å². The number of halogens is 1. The summed E-state index contributed by atoms with van der Waals surface area (Å²) in [6.45, 7) is 0. The first-order chi connectivity index (χ1) is 9.17. The van der Waals surface area contributed by atoms with Gasteiger partial charge in [-0.3, -0.25) is 0 Å². The van der Waals surface area contributed by atoms with Crippen molar-refractivity contribution in [3.05, 3.63) is 42.3 Å². The van der Waals surface area contributed by atoms with Gasteiger partial charge in [0.1, 0.15) is 11.6 Å². The van der Waals surface area contributed by atoms with Crippen LogP contribution in [0.1, 0.15) is 0 Å². The normalized spacial score (nSPS) is 10.8. The van der Waals surface area contributed by atoms with E-state index in [0.717, 1.165) is 5.56 Å². The molecule has 2 aromatic heterocycles. The van der Waals surface area contributed by atoms with E-state index in [1.165, 1.54) is 12.1 Å². The zero-order chi connectivity index (χ0) is 13.4. The first-order valence-corrected chi connectivity index (χ1v) is 5.63. The van der Waals surface area contributed by atoms with Crippen molar-refractivity contribution in [1.82, 2.24) is 14.6 Å². The SMILES string of the molecule is COc1ccc(F)cc1-c1ccc2nc(N)nn2c1. The van der Waals surface area contributed by atoms with Crippen LogP contribution in [0.5, 0.6) is 5.75 Å². The van der Waals surface area contributed by atoms with Gasteiger partial charge in [-0.25, -0.2) is 8.91 Å². The number of aromatic nitrogens is 3. The van der Waals surface area contributed by atoms with Gasteiger partial charge in [0.25, 0.3) is 0 Å². The van der Waals surface area contributed by atoms with Crippen LogP contribution in [0, 0.1) is 5.82 Å². The van der Waals surface area contributed by atoms with Crippen LogP contribution < -0.4 is 10.5 Å². The third kappa shape index (κ3) is 1.97. The van der Waals surface area contributed by atoms with Crippen molar-refractivity contribution in [2.45, 2.75) is 0 Å². The van der Waals surface area contributed by atoms with Crippen molar-refractivity contribution in [3.8, 4) is 16.9 Å². The number of anilines is 1. The highest BCUT2D eigenvalue weighted by atomic mass is 19.1. The van der Waals surface area contributed by atoms with Crippen LogP contribution >= 0.6 is 0 Å². The third-order valence-corrected chi connectivity index (χ3v) is 2.82. The summed E-state index contributed by atoms with van der Waals surface area (Å²) in [4.78, 5) is 4.03. The van der Waals surface area contributed by atoms with Gasteiger partial charge < -0.3 is 10.5 Å². The zero-order valence-electron chi connectivity index (χ0n) is 10.2. The minimum absolute atomic E-state index is 0.198. The van der Waals surface area contributed by atoms with Crippen molar-refractivity contribution < 1.29 is 9.13 Å². The number of rotatable bonds is 2. The highest BCUT2D eigenvalue weighted by Gasteiger charge is 2.09. The molecule has 19 heavy (non-hydrogen) atoms. The molecule has 0 amide bonds. The van der Waals surface area contributed by atoms with Crippen LogP contribution in [0.4, 0.5) is 10.3 Å². The minimum atomic E-state index is -0.325. The number of hydrogen-bond donors (Lipinski definition) is 1. The first kappa shape index (κ1) is 11.5. The van der Waals surface area contributed by atoms with E-state index < -0.39 is 0 Å². The highest BCUT2D eigenvalue weighted by Crippen LogP contribution is 2.30. The summed E-state index contributed by atoms with van der Waals surface area (Å²) in [5.41, 5.74) is 7.59. The molecule has 0 unspecified atom stereocenters. The van der Waals surface area contributed by atoms with E-state index in [1.807, 2.05) is 6.07 Å². The fraction of sp³-hybridized carbons (Fsp3) is 0.0769. The second kappa shape index (κ2) is 4.24. The van der Waals surface area contributed by atoms with Crippen LogP contribution in [-0.2, 0) is 0 Å². The van der Waals surface area contributed by atoms with Gasteiger partial charge in [-0.2, -0.15) is 4.98 Å². The second-order valence-electron chi connectivity index (χ2n) is 4.04. The Morgan fingerprint density at radius 3 is 2.89 bits per heavy atom. The summed E-state index contributed by atoms with van der Waals surface area (Å²) in [5.74, 6) is 0.464. The average molecular weight is 258 g/mol. The standard InChI is InChI=1S/C13H11FN4O/c1-19-11-4-3-9(14)6-10(11)8-2-5-12-16-13(15)17-18(12)7-8/h2-7H,1H3,(H2,15,17). The van der Waals surface area contributed by atoms with Crippen molar-refractivity contribution in [2.24, 2.45) is 0 Å². The first-order valence-electron chi connectivity index (χ1n) is 5.63. The molecule has 1 aromatic carbocycles. The van der Waals surface area contributed by atoms with E-state index in [-0.39, 0.29) is 11.8 Å². The molecule has 0 aliphatic carbocycles. The number of fused-ring (bicyclic) bond motifs is 1. The second-order valence-corrected chi connectivity index (χ2v) is 4.04. The maximum Gasteiger partial charge on any atom is 0.240 e. The Morgan fingerprint density at radius 1 is 1.26 bits per heavy atom. The fourth-order valence-corrected chi connectivity index (χ4v) is 1.97. The molecule has 3 aromatic rings. The Labute approximate surface area is 108 Å². The fourth-order valence-electron chi connectivity index (χ4n) is 1.97. The van der Waals surface area contributed by atoms with Crippen LogP contribution in [-0.4, -0.2) is 21.7 Å². The maximum atomic E-state index is 13.4. The topological polar surface area (TPSA) is 65.4 Å². The summed E-state index contributed by atoms with van der Waals surface area (Å²) < 4.78 is 20.2. The molecule has 0 radical (unpaired) electrons. The van der Waals surface area contributed by atoms with E-state index in [0.29, 0.717) is 17.0 Å². The summed E-state index contributed by atoms with van der Waals surface area (Å²) in [7, 11) is 1.54. The predicted molar refractivity (Wildman–Crippen MR) is 69.3 cm³/mol. The Bertz CT molecular complexity index is 753. The summed E-state index contributed by atoms with van der Waals surface area (Å²) in [6.07, 6.45) is 1.73. The van der Waals surface area contributed by atoms with E-state index >= 15 is 0 Å². The third-order valence-electron chi connectivity index (χ3n) is 2.82. The van der Waals surface area contributed by atoms with Crippen molar-refractivity contribution in [2.75, 3.05) is 12.8 Å². The van der Waals surface area contributed by atoms with Crippen LogP contribution in [0.25, 0.3) is 16.8 Å². The van der Waals surface area contributed by atoms with Gasteiger partial charge in [-0.1, -0.05) is 0 Å². The Hall–Kier alpha value is -2.63. The molecule has 0 aliphatic heterocycles. The van der Waals surface area contributed by atoms with Crippen LogP contribution in [0.15, 0.2) is 36.5 Å². The van der Waals surface area contributed by atoms with Crippen LogP contribution in [0.3, 0.4) is 0 Å². The number of nitrogen functional groups attached to an aromatic ring is 1. The Balaban J connectivity index is 2.20. The smallest absolute Gasteiger partial charge is 0.240 e. The number of methoxy groups -OCH3 is 1. The van der Waals surface area contributed by atoms with Gasteiger partial charge >= 0.3 is 0 Å². The van der Waals surface area contributed by atoms with Crippen molar-refractivity contribution in [1.29, 1.82) is 0 Å². The number of benzene rings is 1. The lowest BCUT2D eigenvalue weighted by atomic mass is 10.1. The van der Waals surface area contributed by atoms with Gasteiger partial charge in [0, 0.05) is 17.3 Å². The predicted octanol–water partition coefficient (Wildman–Crippen LogP) is 2.13. The number of nitrogens with zero attached hydrogens (tertiary/aromatic N) is 3. The van der Waals surface area contributed by atoms with Gasteiger partial charge in [0.05, 0.1) is 7.11 Å². The zero-order valence-corrected chi connectivity index (χ0v) is 10.2. The lowest BCUT2D eigenvalue weighted by molar-refractivity contribution is 0.415. The van der Waals surface area contributed by atoms with Gasteiger partial charge in [-0.05, 0) is 30.3 Å². The molecule has 0 saturated carbocycles. The maximum absolute atomic E-state index is 13.4. The molecule has 96 valence electrons. The molecule has 0 fully saturated rings. The van der Waals surface area contributed by atoms with E-state index in [4.69, 9.17) is 10.5 Å². The Kier molecular flexibility index (Phi) is 2.56. The number of ether oxygens (including phenoxy) is 1.